The van der Waals surface area contributed by atoms with Crippen LogP contribution in [0.3, 0.4) is 0 Å². The zero-order valence-electron chi connectivity index (χ0n) is 21.4. The van der Waals surface area contributed by atoms with Gasteiger partial charge in [0.1, 0.15) is 17.3 Å². The highest BCUT2D eigenvalue weighted by Crippen LogP contribution is 2.43. The number of furan rings is 1. The normalized spacial score (nSPS) is 11.5. The minimum absolute atomic E-state index is 0.554. The Balaban J connectivity index is 1.53. The highest BCUT2D eigenvalue weighted by Gasteiger charge is 2.23. The maximum atomic E-state index is 10.3. The molecule has 186 valence electrons. The van der Waals surface area contributed by atoms with Crippen LogP contribution in [0.15, 0.2) is 132 Å². The van der Waals surface area contributed by atoms with Crippen LogP contribution < -0.4 is 0 Å². The van der Waals surface area contributed by atoms with E-state index in [-0.39, 0.29) is 0 Å². The Hall–Kier alpha value is -5.66. The summed E-state index contributed by atoms with van der Waals surface area (Å²) in [6.45, 7) is 0. The van der Waals surface area contributed by atoms with E-state index in [1.165, 1.54) is 0 Å². The van der Waals surface area contributed by atoms with Gasteiger partial charge in [-0.25, -0.2) is 0 Å². The van der Waals surface area contributed by atoms with Gasteiger partial charge in [-0.1, -0.05) is 78.9 Å². The van der Waals surface area contributed by atoms with Crippen LogP contribution in [0.1, 0.15) is 5.56 Å². The van der Waals surface area contributed by atoms with Crippen LogP contribution in [0.4, 0.5) is 0 Å². The number of hydrogen-bond donors (Lipinski definition) is 0. The number of benzene rings is 5. The van der Waals surface area contributed by atoms with Crippen molar-refractivity contribution in [3.05, 3.63) is 133 Å². The van der Waals surface area contributed by atoms with Crippen molar-refractivity contribution in [1.29, 1.82) is 5.26 Å². The van der Waals surface area contributed by atoms with Crippen LogP contribution in [0.25, 0.3) is 71.8 Å². The molecule has 4 nitrogen and oxygen atoms in total. The lowest BCUT2D eigenvalue weighted by Gasteiger charge is -2.11. The van der Waals surface area contributed by atoms with E-state index in [0.29, 0.717) is 11.1 Å². The van der Waals surface area contributed by atoms with Crippen molar-refractivity contribution in [3.63, 3.8) is 0 Å². The fourth-order valence-electron chi connectivity index (χ4n) is 6.00. The Morgan fingerprint density at radius 3 is 2.17 bits per heavy atom. The summed E-state index contributed by atoms with van der Waals surface area (Å²) in [5.41, 5.74) is 8.87. The monoisotopic (exact) mass is 511 g/mol. The van der Waals surface area contributed by atoms with Crippen LogP contribution in [0.5, 0.6) is 0 Å². The minimum Gasteiger partial charge on any atom is -0.453 e. The van der Waals surface area contributed by atoms with Crippen molar-refractivity contribution >= 4 is 43.7 Å². The molecule has 0 saturated heterocycles. The maximum Gasteiger partial charge on any atom is 0.160 e. The molecule has 0 unspecified atom stereocenters. The Morgan fingerprint density at radius 2 is 1.32 bits per heavy atom. The summed E-state index contributed by atoms with van der Waals surface area (Å²) in [5, 5.41) is 14.6. The lowest BCUT2D eigenvalue weighted by atomic mass is 9.99. The predicted molar refractivity (Wildman–Crippen MR) is 161 cm³/mol. The van der Waals surface area contributed by atoms with Crippen LogP contribution in [0.2, 0.25) is 0 Å². The number of hydrogen-bond acceptors (Lipinski definition) is 3. The SMILES string of the molecule is N#Cc1ccc2c(oc3c(-c4ccccn4)cccc32)c1-n1c2ccccc2c2c(-c3ccccc3)cccc21. The van der Waals surface area contributed by atoms with E-state index in [1.807, 2.05) is 54.6 Å². The molecule has 0 atom stereocenters. The maximum absolute atomic E-state index is 10.3. The second-order valence-corrected chi connectivity index (χ2v) is 9.87. The molecule has 3 aromatic heterocycles. The average Bonchev–Trinajstić information content (AvgIpc) is 3.57. The Kier molecular flexibility index (Phi) is 4.85. The van der Waals surface area contributed by atoms with Crippen LogP contribution in [-0.4, -0.2) is 9.55 Å². The number of fused-ring (bicyclic) bond motifs is 6. The van der Waals surface area contributed by atoms with Crippen LogP contribution in [0, 0.1) is 11.3 Å². The molecule has 0 N–H and O–H groups in total. The van der Waals surface area contributed by atoms with Crippen molar-refractivity contribution in [1.82, 2.24) is 9.55 Å². The summed E-state index contributed by atoms with van der Waals surface area (Å²) in [6, 6.07) is 43.6. The fourth-order valence-corrected chi connectivity index (χ4v) is 6.00. The van der Waals surface area contributed by atoms with Gasteiger partial charge >= 0.3 is 0 Å². The first-order chi connectivity index (χ1) is 19.8. The van der Waals surface area contributed by atoms with E-state index in [1.54, 1.807) is 6.20 Å². The van der Waals surface area contributed by atoms with Crippen molar-refractivity contribution in [2.45, 2.75) is 0 Å². The topological polar surface area (TPSA) is 54.8 Å². The summed E-state index contributed by atoms with van der Waals surface area (Å²) >= 11 is 0. The Bertz CT molecular complexity index is 2270. The molecule has 0 spiro atoms. The third-order valence-corrected chi connectivity index (χ3v) is 7.71. The molecule has 0 saturated carbocycles. The third kappa shape index (κ3) is 3.15. The number of para-hydroxylation sites is 2. The highest BCUT2D eigenvalue weighted by molar-refractivity contribution is 6.18. The molecule has 4 heteroatoms. The van der Waals surface area contributed by atoms with Crippen molar-refractivity contribution < 1.29 is 4.42 Å². The molecule has 5 aromatic carbocycles. The molecule has 0 radical (unpaired) electrons. The number of pyridine rings is 1. The number of rotatable bonds is 3. The van der Waals surface area contributed by atoms with Crippen LogP contribution >= 0.6 is 0 Å². The van der Waals surface area contributed by atoms with E-state index in [9.17, 15) is 5.26 Å². The van der Waals surface area contributed by atoms with Crippen molar-refractivity contribution in [3.8, 4) is 34.1 Å². The summed E-state index contributed by atoms with van der Waals surface area (Å²) in [4.78, 5) is 4.58. The van der Waals surface area contributed by atoms with Gasteiger partial charge < -0.3 is 8.98 Å². The quantitative estimate of drug-likeness (QED) is 0.237. The molecule has 8 rings (SSSR count). The molecule has 0 aliphatic carbocycles. The van der Waals surface area contributed by atoms with Crippen molar-refractivity contribution in [2.24, 2.45) is 0 Å². The van der Waals surface area contributed by atoms with E-state index < -0.39 is 0 Å². The molecule has 8 aromatic rings. The summed E-state index contributed by atoms with van der Waals surface area (Å²) in [7, 11) is 0. The summed E-state index contributed by atoms with van der Waals surface area (Å²) in [5.74, 6) is 0. The predicted octanol–water partition coefficient (Wildman–Crippen LogP) is 9.28. The Labute approximate surface area is 230 Å². The second kappa shape index (κ2) is 8.69. The molecule has 0 amide bonds. The van der Waals surface area contributed by atoms with Gasteiger partial charge in [0.05, 0.1) is 22.3 Å². The first kappa shape index (κ1) is 22.3. The average molecular weight is 512 g/mol. The van der Waals surface area contributed by atoms with E-state index in [4.69, 9.17) is 4.42 Å². The number of nitriles is 1. The van der Waals surface area contributed by atoms with Gasteiger partial charge in [-0.15, -0.1) is 0 Å². The van der Waals surface area contributed by atoms with Gasteiger partial charge in [0.25, 0.3) is 0 Å². The standard InChI is InChI=1S/C36H21N3O/c37-22-24-19-20-27-26-14-8-15-28(30-16-6-7-21-38-30)35(26)40-36(27)34(24)39-31-17-5-4-12-29(31)33-25(13-9-18-32(33)39)23-10-2-1-3-11-23/h1-21H. The molecule has 0 bridgehead atoms. The van der Waals surface area contributed by atoms with E-state index in [0.717, 1.165) is 66.2 Å². The molecular formula is C36H21N3O. The number of nitrogens with zero attached hydrogens (tertiary/aromatic N) is 3. The second-order valence-electron chi connectivity index (χ2n) is 9.87. The fraction of sp³-hybridized carbons (Fsp3) is 0. The van der Waals surface area contributed by atoms with Gasteiger partial charge in [0.2, 0.25) is 0 Å². The number of aromatic nitrogens is 2. The first-order valence-electron chi connectivity index (χ1n) is 13.2. The van der Waals surface area contributed by atoms with Gasteiger partial charge in [0.15, 0.2) is 5.58 Å². The molecule has 0 aliphatic rings. The van der Waals surface area contributed by atoms with Gasteiger partial charge in [-0.3, -0.25) is 4.98 Å². The minimum atomic E-state index is 0.554. The smallest absolute Gasteiger partial charge is 0.160 e. The Morgan fingerprint density at radius 1 is 0.600 bits per heavy atom. The third-order valence-electron chi connectivity index (χ3n) is 7.71. The largest absolute Gasteiger partial charge is 0.453 e. The van der Waals surface area contributed by atoms with Crippen LogP contribution in [-0.2, 0) is 0 Å². The highest BCUT2D eigenvalue weighted by atomic mass is 16.3. The molecular weight excluding hydrogens is 490 g/mol. The summed E-state index contributed by atoms with van der Waals surface area (Å²) in [6.07, 6.45) is 1.79. The van der Waals surface area contributed by atoms with Crippen molar-refractivity contribution in [2.75, 3.05) is 0 Å². The zero-order valence-corrected chi connectivity index (χ0v) is 21.4. The van der Waals surface area contributed by atoms with Gasteiger partial charge in [-0.05, 0) is 53.6 Å². The lowest BCUT2D eigenvalue weighted by molar-refractivity contribution is 0.667. The lowest BCUT2D eigenvalue weighted by Crippen LogP contribution is -1.98. The zero-order chi connectivity index (χ0) is 26.6. The van der Waals surface area contributed by atoms with E-state index in [2.05, 4.69) is 82.4 Å². The molecule has 3 heterocycles. The van der Waals surface area contributed by atoms with Gasteiger partial charge in [-0.2, -0.15) is 5.26 Å². The van der Waals surface area contributed by atoms with Gasteiger partial charge in [0, 0.05) is 33.3 Å². The first-order valence-corrected chi connectivity index (χ1v) is 13.2. The molecule has 0 aliphatic heterocycles. The molecule has 0 fully saturated rings. The van der Waals surface area contributed by atoms with E-state index >= 15 is 0 Å². The molecule has 40 heavy (non-hydrogen) atoms. The summed E-state index contributed by atoms with van der Waals surface area (Å²) < 4.78 is 8.93.